The first-order chi connectivity index (χ1) is 18.8. The normalized spacial score (nSPS) is 15.7. The molecule has 0 radical (unpaired) electrons. The van der Waals surface area contributed by atoms with Gasteiger partial charge in [0, 0.05) is 17.3 Å². The molecule has 1 saturated heterocycles. The average Bonchev–Trinajstić information content (AvgIpc) is 3.44. The van der Waals surface area contributed by atoms with E-state index in [4.69, 9.17) is 21.1 Å². The van der Waals surface area contributed by atoms with Crippen molar-refractivity contribution in [3.63, 3.8) is 0 Å². The fourth-order valence-corrected chi connectivity index (χ4v) is 5.80. The Labute approximate surface area is 231 Å². The Kier molecular flexibility index (Phi) is 9.18. The minimum atomic E-state index is -3.87. The molecule has 1 aliphatic heterocycles. The third kappa shape index (κ3) is 7.14. The van der Waals surface area contributed by atoms with Crippen LogP contribution in [0.1, 0.15) is 18.4 Å². The maximum Gasteiger partial charge on any atom is 0.262 e. The van der Waals surface area contributed by atoms with Crippen molar-refractivity contribution in [3.05, 3.63) is 83.4 Å². The summed E-state index contributed by atoms with van der Waals surface area (Å²) in [6.07, 6.45) is 2.34. The highest BCUT2D eigenvalue weighted by atomic mass is 35.5. The highest BCUT2D eigenvalue weighted by Gasteiger charge is 2.39. The van der Waals surface area contributed by atoms with Crippen molar-refractivity contribution in [1.29, 1.82) is 0 Å². The van der Waals surface area contributed by atoms with Crippen LogP contribution in [-0.4, -0.2) is 57.1 Å². The fourth-order valence-electron chi connectivity index (χ4n) is 4.02. The number of amides is 2. The number of benzene rings is 3. The van der Waals surface area contributed by atoms with Gasteiger partial charge in [-0.1, -0.05) is 29.8 Å². The van der Waals surface area contributed by atoms with E-state index in [9.17, 15) is 18.0 Å². The van der Waals surface area contributed by atoms with Gasteiger partial charge in [0.05, 0.1) is 18.2 Å². The summed E-state index contributed by atoms with van der Waals surface area (Å²) in [5, 5.41) is 7.14. The molecule has 3 aromatic carbocycles. The Morgan fingerprint density at radius 1 is 1.08 bits per heavy atom. The molecule has 1 heterocycles. The van der Waals surface area contributed by atoms with Crippen LogP contribution < -0.4 is 20.2 Å². The molecule has 10 nitrogen and oxygen atoms in total. The highest BCUT2D eigenvalue weighted by molar-refractivity contribution is 7.89. The standard InChI is InChI=1S/C27H27ClN4O6S/c1-37-25-16-19(9-14-24(25)38-18-26(33)30-21-6-3-2-4-7-21)17-29-31-27(34)23-8-5-15-32(23)39(35,36)22-12-10-20(28)11-13-22/h2-4,6-7,9-14,16-17,23H,5,8,15,18H2,1H3,(H,30,33)(H,31,34)/b29-17-/t23-/m1/s1. The van der Waals surface area contributed by atoms with Crippen molar-refractivity contribution in [2.24, 2.45) is 5.10 Å². The second-order valence-electron chi connectivity index (χ2n) is 8.58. The first-order valence-electron chi connectivity index (χ1n) is 12.0. The maximum absolute atomic E-state index is 13.1. The van der Waals surface area contributed by atoms with E-state index in [1.165, 1.54) is 41.9 Å². The largest absolute Gasteiger partial charge is 0.493 e. The molecule has 0 aromatic heterocycles. The fraction of sp³-hybridized carbons (Fsp3) is 0.222. The molecule has 4 rings (SSSR count). The van der Waals surface area contributed by atoms with Gasteiger partial charge < -0.3 is 14.8 Å². The molecule has 0 bridgehead atoms. The summed E-state index contributed by atoms with van der Waals surface area (Å²) in [5.41, 5.74) is 3.68. The van der Waals surface area contributed by atoms with Crippen molar-refractivity contribution >= 4 is 45.3 Å². The molecule has 3 aromatic rings. The summed E-state index contributed by atoms with van der Waals surface area (Å²) in [6, 6.07) is 18.9. The lowest BCUT2D eigenvalue weighted by Crippen LogP contribution is -2.44. The van der Waals surface area contributed by atoms with E-state index in [2.05, 4.69) is 15.8 Å². The van der Waals surface area contributed by atoms with Crippen molar-refractivity contribution in [1.82, 2.24) is 9.73 Å². The van der Waals surface area contributed by atoms with Crippen LogP contribution in [0.15, 0.2) is 82.8 Å². The zero-order chi connectivity index (χ0) is 27.8. The van der Waals surface area contributed by atoms with Crippen molar-refractivity contribution in [2.45, 2.75) is 23.8 Å². The first-order valence-corrected chi connectivity index (χ1v) is 13.9. The minimum Gasteiger partial charge on any atom is -0.493 e. The van der Waals surface area contributed by atoms with E-state index >= 15 is 0 Å². The molecule has 12 heteroatoms. The lowest BCUT2D eigenvalue weighted by molar-refractivity contribution is -0.124. The SMILES string of the molecule is COc1cc(/C=N\NC(=O)[C@H]2CCCN2S(=O)(=O)c2ccc(Cl)cc2)ccc1OCC(=O)Nc1ccccc1. The van der Waals surface area contributed by atoms with Crippen LogP contribution in [0.25, 0.3) is 0 Å². The van der Waals surface area contributed by atoms with Crippen molar-refractivity contribution in [3.8, 4) is 11.5 Å². The van der Waals surface area contributed by atoms with Gasteiger partial charge in [-0.25, -0.2) is 13.8 Å². The number of hydrazone groups is 1. The molecule has 1 atom stereocenters. The van der Waals surface area contributed by atoms with Crippen LogP contribution in [0.2, 0.25) is 5.02 Å². The van der Waals surface area contributed by atoms with Gasteiger partial charge in [0.15, 0.2) is 18.1 Å². The number of rotatable bonds is 10. The third-order valence-corrected chi connectivity index (χ3v) is 8.09. The summed E-state index contributed by atoms with van der Waals surface area (Å²) in [4.78, 5) is 25.0. The zero-order valence-corrected chi connectivity index (χ0v) is 22.6. The van der Waals surface area contributed by atoms with E-state index < -0.39 is 22.0 Å². The summed E-state index contributed by atoms with van der Waals surface area (Å²) >= 11 is 5.87. The molecule has 0 saturated carbocycles. The first kappa shape index (κ1) is 28.1. The number of methoxy groups -OCH3 is 1. The molecule has 0 spiro atoms. The maximum atomic E-state index is 13.1. The number of nitrogens with one attached hydrogen (secondary N) is 2. The number of ether oxygens (including phenoxy) is 2. The molecule has 39 heavy (non-hydrogen) atoms. The Bertz CT molecular complexity index is 1450. The number of sulfonamides is 1. The average molecular weight is 571 g/mol. The van der Waals surface area contributed by atoms with Crippen LogP contribution in [0, 0.1) is 0 Å². The number of para-hydroxylation sites is 1. The quantitative estimate of drug-likeness (QED) is 0.283. The Morgan fingerprint density at radius 3 is 2.54 bits per heavy atom. The molecule has 2 N–H and O–H groups in total. The van der Waals surface area contributed by atoms with Gasteiger partial charge in [0.1, 0.15) is 6.04 Å². The molecule has 204 valence electrons. The molecular weight excluding hydrogens is 544 g/mol. The van der Waals surface area contributed by atoms with Gasteiger partial charge in [-0.3, -0.25) is 9.59 Å². The second kappa shape index (κ2) is 12.7. The Balaban J connectivity index is 1.35. The smallest absolute Gasteiger partial charge is 0.262 e. The predicted molar refractivity (Wildman–Crippen MR) is 148 cm³/mol. The topological polar surface area (TPSA) is 126 Å². The minimum absolute atomic E-state index is 0.0713. The van der Waals surface area contributed by atoms with Crippen molar-refractivity contribution < 1.29 is 27.5 Å². The number of anilines is 1. The number of hydrogen-bond acceptors (Lipinski definition) is 7. The molecule has 1 aliphatic rings. The van der Waals surface area contributed by atoms with Crippen LogP contribution in [-0.2, 0) is 19.6 Å². The number of carbonyl (C=O) groups excluding carboxylic acids is 2. The molecule has 0 unspecified atom stereocenters. The monoisotopic (exact) mass is 570 g/mol. The van der Waals surface area contributed by atoms with E-state index in [1.807, 2.05) is 18.2 Å². The summed E-state index contributed by atoms with van der Waals surface area (Å²) in [6.45, 7) is 0.0142. The van der Waals surface area contributed by atoms with E-state index in [0.29, 0.717) is 40.6 Å². The van der Waals surface area contributed by atoms with Crippen molar-refractivity contribution in [2.75, 3.05) is 25.6 Å². The van der Waals surface area contributed by atoms with Gasteiger partial charge in [0.2, 0.25) is 10.0 Å². The molecule has 1 fully saturated rings. The number of nitrogens with zero attached hydrogens (tertiary/aromatic N) is 2. The van der Waals surface area contributed by atoms with Crippen LogP contribution in [0.3, 0.4) is 0 Å². The Hall–Kier alpha value is -3.93. The van der Waals surface area contributed by atoms with Crippen LogP contribution in [0.4, 0.5) is 5.69 Å². The van der Waals surface area contributed by atoms with Gasteiger partial charge >= 0.3 is 0 Å². The van der Waals surface area contributed by atoms with Crippen LogP contribution >= 0.6 is 11.6 Å². The zero-order valence-electron chi connectivity index (χ0n) is 21.0. The third-order valence-electron chi connectivity index (χ3n) is 5.92. The molecule has 2 amide bonds. The second-order valence-corrected chi connectivity index (χ2v) is 10.9. The van der Waals surface area contributed by atoms with Gasteiger partial charge in [-0.05, 0) is 73.0 Å². The van der Waals surface area contributed by atoms with Gasteiger partial charge in [-0.2, -0.15) is 9.41 Å². The Morgan fingerprint density at radius 2 is 1.82 bits per heavy atom. The van der Waals surface area contributed by atoms with Gasteiger partial charge in [-0.15, -0.1) is 0 Å². The van der Waals surface area contributed by atoms with Gasteiger partial charge in [0.25, 0.3) is 11.8 Å². The summed E-state index contributed by atoms with van der Waals surface area (Å²) < 4.78 is 38.3. The lowest BCUT2D eigenvalue weighted by atomic mass is 10.2. The predicted octanol–water partition coefficient (Wildman–Crippen LogP) is 3.67. The summed E-state index contributed by atoms with van der Waals surface area (Å²) in [5.74, 6) is -0.127. The molecular formula is C27H27ClN4O6S. The molecule has 0 aliphatic carbocycles. The van der Waals surface area contributed by atoms with Crippen LogP contribution in [0.5, 0.6) is 11.5 Å². The number of carbonyl (C=O) groups is 2. The van der Waals surface area contributed by atoms with E-state index in [1.54, 1.807) is 30.3 Å². The number of hydrogen-bond donors (Lipinski definition) is 2. The van der Waals surface area contributed by atoms with E-state index in [0.717, 1.165) is 0 Å². The van der Waals surface area contributed by atoms with E-state index in [-0.39, 0.29) is 24.0 Å². The summed E-state index contributed by atoms with van der Waals surface area (Å²) in [7, 11) is -2.40. The highest BCUT2D eigenvalue weighted by Crippen LogP contribution is 2.28. The lowest BCUT2D eigenvalue weighted by Gasteiger charge is -2.22. The number of halogens is 1.